The molecule has 4 rings (SSSR count). The van der Waals surface area contributed by atoms with Gasteiger partial charge in [0.2, 0.25) is 0 Å². The molecule has 0 atom stereocenters. The standard InChI is InChI=1S/C21H22FN3O4S/c1-11-17-19(23-10-24-20(17)30-18(11)21(27)28-2)25-15-8-3-12(22)9-16(15)29-14-6-4-13(26)5-7-14/h3,8-10,13-14,26H,4-7H2,1-2H3,(H,23,24,25). The fourth-order valence-corrected chi connectivity index (χ4v) is 4.69. The van der Waals surface area contributed by atoms with Crippen LogP contribution in [-0.2, 0) is 4.74 Å². The number of fused-ring (bicyclic) bond motifs is 1. The van der Waals surface area contributed by atoms with E-state index in [1.807, 2.05) is 6.92 Å². The van der Waals surface area contributed by atoms with Gasteiger partial charge < -0.3 is 19.9 Å². The number of hydrogen-bond acceptors (Lipinski definition) is 8. The first-order valence-electron chi connectivity index (χ1n) is 9.70. The lowest BCUT2D eigenvalue weighted by atomic mass is 9.95. The van der Waals surface area contributed by atoms with E-state index in [0.717, 1.165) is 5.56 Å². The van der Waals surface area contributed by atoms with Crippen molar-refractivity contribution < 1.29 is 23.8 Å². The zero-order chi connectivity index (χ0) is 21.3. The van der Waals surface area contributed by atoms with Gasteiger partial charge in [-0.2, -0.15) is 0 Å². The van der Waals surface area contributed by atoms with E-state index in [4.69, 9.17) is 9.47 Å². The molecule has 0 saturated heterocycles. The number of methoxy groups -OCH3 is 1. The van der Waals surface area contributed by atoms with E-state index < -0.39 is 11.8 Å². The Balaban J connectivity index is 1.67. The van der Waals surface area contributed by atoms with E-state index in [9.17, 15) is 14.3 Å². The molecule has 0 aliphatic heterocycles. The minimum atomic E-state index is -0.424. The Morgan fingerprint density at radius 1 is 1.27 bits per heavy atom. The highest BCUT2D eigenvalue weighted by atomic mass is 32.1. The van der Waals surface area contributed by atoms with Gasteiger partial charge in [0.05, 0.1) is 30.4 Å². The third-order valence-corrected chi connectivity index (χ3v) is 6.41. The molecule has 2 aromatic heterocycles. The number of aliphatic hydroxyl groups is 1. The number of ether oxygens (including phenoxy) is 2. The van der Waals surface area contributed by atoms with Crippen LogP contribution in [0.4, 0.5) is 15.9 Å². The average Bonchev–Trinajstić information content (AvgIpc) is 3.08. The van der Waals surface area contributed by atoms with Crippen LogP contribution in [0.15, 0.2) is 24.5 Å². The van der Waals surface area contributed by atoms with E-state index in [-0.39, 0.29) is 12.2 Å². The molecule has 158 valence electrons. The first-order chi connectivity index (χ1) is 14.5. The molecule has 30 heavy (non-hydrogen) atoms. The van der Waals surface area contributed by atoms with Crippen LogP contribution >= 0.6 is 11.3 Å². The average molecular weight is 431 g/mol. The summed E-state index contributed by atoms with van der Waals surface area (Å²) in [7, 11) is 1.34. The van der Waals surface area contributed by atoms with Gasteiger partial charge in [-0.3, -0.25) is 0 Å². The van der Waals surface area contributed by atoms with Crippen LogP contribution in [0.5, 0.6) is 5.75 Å². The van der Waals surface area contributed by atoms with Gasteiger partial charge in [0.1, 0.15) is 33.4 Å². The van der Waals surface area contributed by atoms with Crippen LogP contribution in [0.1, 0.15) is 40.9 Å². The van der Waals surface area contributed by atoms with Gasteiger partial charge in [-0.25, -0.2) is 19.2 Å². The van der Waals surface area contributed by atoms with Gasteiger partial charge >= 0.3 is 5.97 Å². The summed E-state index contributed by atoms with van der Waals surface area (Å²) in [6, 6.07) is 4.28. The van der Waals surface area contributed by atoms with Crippen molar-refractivity contribution in [2.24, 2.45) is 0 Å². The number of nitrogens with zero attached hydrogens (tertiary/aromatic N) is 2. The SMILES string of the molecule is COC(=O)c1sc2ncnc(Nc3ccc(F)cc3OC3CCC(O)CC3)c2c1C. The van der Waals surface area contributed by atoms with Crippen LogP contribution in [0.2, 0.25) is 0 Å². The summed E-state index contributed by atoms with van der Waals surface area (Å²) < 4.78 is 24.8. The number of thiophene rings is 1. The molecular weight excluding hydrogens is 409 g/mol. The normalized spacial score (nSPS) is 18.9. The number of hydrogen-bond donors (Lipinski definition) is 2. The Kier molecular flexibility index (Phi) is 5.83. The Morgan fingerprint density at radius 2 is 2.03 bits per heavy atom. The number of benzene rings is 1. The van der Waals surface area contributed by atoms with Crippen molar-refractivity contribution in [1.29, 1.82) is 0 Å². The molecule has 0 spiro atoms. The molecule has 1 aromatic carbocycles. The summed E-state index contributed by atoms with van der Waals surface area (Å²) in [6.07, 6.45) is 3.78. The maximum atomic E-state index is 13.9. The molecule has 0 unspecified atom stereocenters. The van der Waals surface area contributed by atoms with Gasteiger partial charge in [-0.05, 0) is 50.3 Å². The molecule has 1 aliphatic rings. The van der Waals surface area contributed by atoms with Crippen molar-refractivity contribution >= 4 is 39.0 Å². The second-order valence-electron chi connectivity index (χ2n) is 7.26. The van der Waals surface area contributed by atoms with Gasteiger partial charge in [0.25, 0.3) is 0 Å². The Bertz CT molecular complexity index is 1080. The highest BCUT2D eigenvalue weighted by Crippen LogP contribution is 2.37. The topological polar surface area (TPSA) is 93.6 Å². The van der Waals surface area contributed by atoms with E-state index in [1.165, 1.54) is 36.9 Å². The fourth-order valence-electron chi connectivity index (χ4n) is 3.62. The molecular formula is C21H22FN3O4S. The molecule has 2 N–H and O–H groups in total. The number of nitrogens with one attached hydrogen (secondary N) is 1. The van der Waals surface area contributed by atoms with Crippen LogP contribution < -0.4 is 10.1 Å². The lowest BCUT2D eigenvalue weighted by Crippen LogP contribution is -2.26. The summed E-state index contributed by atoms with van der Waals surface area (Å²) >= 11 is 1.24. The monoisotopic (exact) mass is 431 g/mol. The third kappa shape index (κ3) is 4.08. The van der Waals surface area contributed by atoms with Crippen LogP contribution in [-0.4, -0.2) is 40.4 Å². The first kappa shape index (κ1) is 20.5. The Morgan fingerprint density at radius 3 is 2.77 bits per heavy atom. The number of carbonyl (C=O) groups is 1. The maximum Gasteiger partial charge on any atom is 0.348 e. The quantitative estimate of drug-likeness (QED) is 0.580. The van der Waals surface area contributed by atoms with Crippen molar-refractivity contribution in [2.75, 3.05) is 12.4 Å². The van der Waals surface area contributed by atoms with Crippen LogP contribution in [0, 0.1) is 12.7 Å². The van der Waals surface area contributed by atoms with E-state index in [2.05, 4.69) is 15.3 Å². The van der Waals surface area contributed by atoms with E-state index in [0.29, 0.717) is 58.0 Å². The summed E-state index contributed by atoms with van der Waals surface area (Å²) in [5.41, 5.74) is 1.28. The second kappa shape index (κ2) is 8.53. The number of carbonyl (C=O) groups excluding carboxylic acids is 1. The zero-order valence-electron chi connectivity index (χ0n) is 16.6. The smallest absolute Gasteiger partial charge is 0.348 e. The number of aromatic nitrogens is 2. The van der Waals surface area contributed by atoms with Crippen molar-refractivity contribution in [3.63, 3.8) is 0 Å². The van der Waals surface area contributed by atoms with Crippen LogP contribution in [0.25, 0.3) is 10.2 Å². The summed E-state index contributed by atoms with van der Waals surface area (Å²) in [5.74, 6) is 0.0503. The third-order valence-electron chi connectivity index (χ3n) is 5.23. The van der Waals surface area contributed by atoms with Gasteiger partial charge in [0, 0.05) is 6.07 Å². The summed E-state index contributed by atoms with van der Waals surface area (Å²) in [4.78, 5) is 21.8. The van der Waals surface area contributed by atoms with Crippen molar-refractivity contribution in [3.05, 3.63) is 40.8 Å². The van der Waals surface area contributed by atoms with Gasteiger partial charge in [-0.1, -0.05) is 0 Å². The number of anilines is 2. The molecule has 9 heteroatoms. The maximum absolute atomic E-state index is 13.9. The molecule has 0 bridgehead atoms. The molecule has 1 saturated carbocycles. The predicted octanol–water partition coefficient (Wildman–Crippen LogP) is 4.35. The number of aryl methyl sites for hydroxylation is 1. The summed E-state index contributed by atoms with van der Waals surface area (Å²) in [5, 5.41) is 13.6. The Hall–Kier alpha value is -2.78. The zero-order valence-corrected chi connectivity index (χ0v) is 17.5. The van der Waals surface area contributed by atoms with Crippen molar-refractivity contribution in [3.8, 4) is 5.75 Å². The van der Waals surface area contributed by atoms with Crippen molar-refractivity contribution in [2.45, 2.75) is 44.8 Å². The second-order valence-corrected chi connectivity index (χ2v) is 8.26. The highest BCUT2D eigenvalue weighted by molar-refractivity contribution is 7.20. The molecule has 3 aromatic rings. The fraction of sp³-hybridized carbons (Fsp3) is 0.381. The van der Waals surface area contributed by atoms with E-state index >= 15 is 0 Å². The number of esters is 1. The highest BCUT2D eigenvalue weighted by Gasteiger charge is 2.23. The van der Waals surface area contributed by atoms with Crippen molar-refractivity contribution in [1.82, 2.24) is 9.97 Å². The largest absolute Gasteiger partial charge is 0.488 e. The molecule has 7 nitrogen and oxygen atoms in total. The van der Waals surface area contributed by atoms with Crippen LogP contribution in [0.3, 0.4) is 0 Å². The number of halogens is 1. The molecule has 1 fully saturated rings. The molecule has 0 amide bonds. The van der Waals surface area contributed by atoms with Gasteiger partial charge in [0.15, 0.2) is 0 Å². The number of rotatable bonds is 5. The molecule has 2 heterocycles. The predicted molar refractivity (Wildman–Crippen MR) is 112 cm³/mol. The molecule has 1 aliphatic carbocycles. The van der Waals surface area contributed by atoms with E-state index in [1.54, 1.807) is 6.07 Å². The lowest BCUT2D eigenvalue weighted by Gasteiger charge is -2.27. The first-order valence-corrected chi connectivity index (χ1v) is 10.5. The lowest BCUT2D eigenvalue weighted by molar-refractivity contribution is 0.0605. The van der Waals surface area contributed by atoms with Gasteiger partial charge in [-0.15, -0.1) is 11.3 Å². The number of aliphatic hydroxyl groups excluding tert-OH is 1. The minimum absolute atomic E-state index is 0.0880. The molecule has 0 radical (unpaired) electrons. The minimum Gasteiger partial charge on any atom is -0.488 e. The Labute approximate surface area is 176 Å². The summed E-state index contributed by atoms with van der Waals surface area (Å²) in [6.45, 7) is 1.81.